The van der Waals surface area contributed by atoms with Crippen LogP contribution >= 0.6 is 0 Å². The first-order chi connectivity index (χ1) is 10.2. The van der Waals surface area contributed by atoms with Crippen molar-refractivity contribution in [3.63, 3.8) is 0 Å². The van der Waals surface area contributed by atoms with Gasteiger partial charge in [0.05, 0.1) is 5.57 Å². The van der Waals surface area contributed by atoms with E-state index < -0.39 is 23.0 Å². The number of hydrogen-bond donors (Lipinski definition) is 2. The second-order valence-corrected chi connectivity index (χ2v) is 6.58. The van der Waals surface area contributed by atoms with Crippen molar-refractivity contribution < 1.29 is 19.4 Å². The minimum absolute atomic E-state index is 0.00367. The first-order valence-electron chi connectivity index (χ1n) is 8.08. The third-order valence-electron chi connectivity index (χ3n) is 4.36. The fraction of sp³-hybridized carbons (Fsp3) is 0.765. The third-order valence-corrected chi connectivity index (χ3v) is 4.36. The number of nitrogens with one attached hydrogen (secondary N) is 1. The molecule has 1 aliphatic rings. The number of aliphatic hydroxyl groups is 1. The van der Waals surface area contributed by atoms with Gasteiger partial charge in [0, 0.05) is 13.0 Å². The number of hydrogen-bond acceptors (Lipinski definition) is 4. The molecule has 2 atom stereocenters. The molecule has 0 spiro atoms. The van der Waals surface area contributed by atoms with E-state index in [-0.39, 0.29) is 11.5 Å². The van der Waals surface area contributed by atoms with Crippen LogP contribution in [0.1, 0.15) is 59.8 Å². The Morgan fingerprint density at radius 2 is 2.05 bits per heavy atom. The highest BCUT2D eigenvalue weighted by molar-refractivity contribution is 6.23. The van der Waals surface area contributed by atoms with Crippen molar-refractivity contribution in [2.75, 3.05) is 7.11 Å². The quantitative estimate of drug-likeness (QED) is 0.506. The molecule has 0 saturated heterocycles. The van der Waals surface area contributed by atoms with Gasteiger partial charge in [-0.15, -0.1) is 0 Å². The second kappa shape index (κ2) is 7.38. The highest BCUT2D eigenvalue weighted by Gasteiger charge is 2.45. The standard InChI is InChI=1S/C17H29NO4/c1-6-7-8-9-10-16(4,21)14(19)13-11-17(22-5,12(2)3)18-15(13)20/h11-12,21H,6-10H2,1-5H3,(H,18,20). The Morgan fingerprint density at radius 3 is 2.50 bits per heavy atom. The lowest BCUT2D eigenvalue weighted by Gasteiger charge is -2.29. The van der Waals surface area contributed by atoms with Crippen LogP contribution in [0.15, 0.2) is 11.6 Å². The number of unbranched alkanes of at least 4 members (excludes halogenated alkanes) is 3. The molecule has 5 nitrogen and oxygen atoms in total. The van der Waals surface area contributed by atoms with E-state index in [4.69, 9.17) is 4.74 Å². The van der Waals surface area contributed by atoms with Crippen LogP contribution < -0.4 is 5.32 Å². The van der Waals surface area contributed by atoms with Gasteiger partial charge in [-0.3, -0.25) is 9.59 Å². The van der Waals surface area contributed by atoms with Gasteiger partial charge in [0.2, 0.25) is 0 Å². The summed E-state index contributed by atoms with van der Waals surface area (Å²) in [5.41, 5.74) is -2.49. The molecule has 0 aromatic rings. The molecule has 0 aromatic carbocycles. The molecule has 2 N–H and O–H groups in total. The highest BCUT2D eigenvalue weighted by Crippen LogP contribution is 2.30. The molecule has 0 bridgehead atoms. The van der Waals surface area contributed by atoms with Crippen molar-refractivity contribution in [1.82, 2.24) is 5.32 Å². The van der Waals surface area contributed by atoms with Crippen LogP contribution in [-0.2, 0) is 14.3 Å². The fourth-order valence-corrected chi connectivity index (χ4v) is 2.69. The van der Waals surface area contributed by atoms with Crippen molar-refractivity contribution in [2.45, 2.75) is 71.1 Å². The van der Waals surface area contributed by atoms with E-state index in [1.54, 1.807) is 0 Å². The summed E-state index contributed by atoms with van der Waals surface area (Å²) in [4.78, 5) is 24.7. The number of carbonyl (C=O) groups is 2. The van der Waals surface area contributed by atoms with E-state index >= 15 is 0 Å². The second-order valence-electron chi connectivity index (χ2n) is 6.58. The number of Topliss-reactive ketones (excluding diaryl/α,β-unsaturated/α-hetero) is 1. The summed E-state index contributed by atoms with van der Waals surface area (Å²) < 4.78 is 5.39. The maximum Gasteiger partial charge on any atom is 0.257 e. The van der Waals surface area contributed by atoms with Crippen LogP contribution in [0.2, 0.25) is 0 Å². The SMILES string of the molecule is CCCCCCC(C)(O)C(=O)C1=CC(OC)(C(C)C)NC1=O. The van der Waals surface area contributed by atoms with Gasteiger partial charge in [0.15, 0.2) is 11.5 Å². The number of rotatable bonds is 9. The third kappa shape index (κ3) is 3.96. The zero-order valence-electron chi connectivity index (χ0n) is 14.4. The van der Waals surface area contributed by atoms with Gasteiger partial charge in [-0.05, 0) is 19.4 Å². The van der Waals surface area contributed by atoms with E-state index in [0.29, 0.717) is 6.42 Å². The average molecular weight is 311 g/mol. The van der Waals surface area contributed by atoms with Crippen LogP contribution in [-0.4, -0.2) is 35.2 Å². The lowest BCUT2D eigenvalue weighted by atomic mass is 9.88. The largest absolute Gasteiger partial charge is 0.382 e. The molecular formula is C17H29NO4. The van der Waals surface area contributed by atoms with Crippen LogP contribution in [0.25, 0.3) is 0 Å². The molecule has 0 aliphatic carbocycles. The van der Waals surface area contributed by atoms with E-state index in [0.717, 1.165) is 25.7 Å². The number of methoxy groups -OCH3 is 1. The summed E-state index contributed by atoms with van der Waals surface area (Å²) in [7, 11) is 1.49. The summed E-state index contributed by atoms with van der Waals surface area (Å²) in [5, 5.41) is 13.1. The van der Waals surface area contributed by atoms with Gasteiger partial charge in [0.25, 0.3) is 5.91 Å². The molecule has 1 rings (SSSR count). The molecule has 126 valence electrons. The number of carbonyl (C=O) groups excluding carboxylic acids is 2. The number of ether oxygens (including phenoxy) is 1. The van der Waals surface area contributed by atoms with E-state index in [2.05, 4.69) is 12.2 Å². The molecule has 1 amide bonds. The number of ketones is 1. The van der Waals surface area contributed by atoms with Crippen molar-refractivity contribution in [3.05, 3.63) is 11.6 Å². The predicted octanol–water partition coefficient (Wildman–Crippen LogP) is 2.33. The van der Waals surface area contributed by atoms with Crippen LogP contribution in [0.5, 0.6) is 0 Å². The summed E-state index contributed by atoms with van der Waals surface area (Å²) in [6.45, 7) is 7.39. The van der Waals surface area contributed by atoms with Crippen molar-refractivity contribution in [3.8, 4) is 0 Å². The minimum Gasteiger partial charge on any atom is -0.382 e. The minimum atomic E-state index is -1.52. The maximum absolute atomic E-state index is 12.5. The average Bonchev–Trinajstić information content (AvgIpc) is 2.81. The lowest BCUT2D eigenvalue weighted by molar-refractivity contribution is -0.135. The van der Waals surface area contributed by atoms with Gasteiger partial charge in [-0.25, -0.2) is 0 Å². The van der Waals surface area contributed by atoms with Crippen molar-refractivity contribution in [1.29, 1.82) is 0 Å². The molecular weight excluding hydrogens is 282 g/mol. The van der Waals surface area contributed by atoms with Gasteiger partial charge in [-0.1, -0.05) is 46.5 Å². The van der Waals surface area contributed by atoms with E-state index in [1.165, 1.54) is 20.1 Å². The molecule has 0 radical (unpaired) electrons. The maximum atomic E-state index is 12.5. The molecule has 0 fully saturated rings. The zero-order valence-corrected chi connectivity index (χ0v) is 14.4. The monoisotopic (exact) mass is 311 g/mol. The lowest BCUT2D eigenvalue weighted by Crippen LogP contribution is -2.48. The van der Waals surface area contributed by atoms with Gasteiger partial charge in [0.1, 0.15) is 5.60 Å². The molecule has 2 unspecified atom stereocenters. The van der Waals surface area contributed by atoms with Crippen molar-refractivity contribution >= 4 is 11.7 Å². The topological polar surface area (TPSA) is 75.6 Å². The zero-order chi connectivity index (χ0) is 17.0. The molecule has 1 heterocycles. The highest BCUT2D eigenvalue weighted by atomic mass is 16.5. The van der Waals surface area contributed by atoms with Crippen LogP contribution in [0.3, 0.4) is 0 Å². The Morgan fingerprint density at radius 1 is 1.41 bits per heavy atom. The smallest absolute Gasteiger partial charge is 0.257 e. The van der Waals surface area contributed by atoms with Gasteiger partial charge in [-0.2, -0.15) is 0 Å². The number of amides is 1. The Balaban J connectivity index is 2.87. The van der Waals surface area contributed by atoms with Crippen molar-refractivity contribution in [2.24, 2.45) is 5.92 Å². The predicted molar refractivity (Wildman–Crippen MR) is 85.2 cm³/mol. The molecule has 0 aromatic heterocycles. The molecule has 0 saturated carbocycles. The van der Waals surface area contributed by atoms with Gasteiger partial charge >= 0.3 is 0 Å². The molecule has 22 heavy (non-hydrogen) atoms. The first kappa shape index (κ1) is 18.8. The Bertz CT molecular complexity index is 454. The molecule has 1 aliphatic heterocycles. The summed E-state index contributed by atoms with van der Waals surface area (Å²) in [5.74, 6) is -1.03. The molecule has 5 heteroatoms. The Kier molecular flexibility index (Phi) is 6.32. The Labute approximate surface area is 133 Å². The van der Waals surface area contributed by atoms with Gasteiger partial charge < -0.3 is 15.2 Å². The summed E-state index contributed by atoms with van der Waals surface area (Å²) in [6.07, 6.45) is 5.78. The summed E-state index contributed by atoms with van der Waals surface area (Å²) in [6, 6.07) is 0. The van der Waals surface area contributed by atoms with E-state index in [1.807, 2.05) is 13.8 Å². The van der Waals surface area contributed by atoms with E-state index in [9.17, 15) is 14.7 Å². The van der Waals surface area contributed by atoms with Crippen LogP contribution in [0, 0.1) is 5.92 Å². The normalized spacial score (nSPS) is 24.1. The first-order valence-corrected chi connectivity index (χ1v) is 8.08. The van der Waals surface area contributed by atoms with Crippen LogP contribution in [0.4, 0.5) is 0 Å². The summed E-state index contributed by atoms with van der Waals surface area (Å²) >= 11 is 0. The fourth-order valence-electron chi connectivity index (χ4n) is 2.69. The Hall–Kier alpha value is -1.20.